The van der Waals surface area contributed by atoms with Gasteiger partial charge in [0.2, 0.25) is 0 Å². The topological polar surface area (TPSA) is 56.3 Å². The van der Waals surface area contributed by atoms with Crippen LogP contribution >= 0.6 is 11.3 Å². The summed E-state index contributed by atoms with van der Waals surface area (Å²) in [6, 6.07) is 0. The third-order valence-electron chi connectivity index (χ3n) is 2.62. The van der Waals surface area contributed by atoms with Crippen molar-refractivity contribution in [3.8, 4) is 0 Å². The maximum atomic E-state index is 11.9. The number of hydrogen-bond acceptors (Lipinski definition) is 5. The second-order valence-corrected chi connectivity index (χ2v) is 8.82. The summed E-state index contributed by atoms with van der Waals surface area (Å²) in [4.78, 5) is 5.19. The average molecular weight is 305 g/mol. The van der Waals surface area contributed by atoms with E-state index in [1.807, 2.05) is 27.7 Å². The first-order valence-corrected chi connectivity index (χ1v) is 9.13. The molecule has 0 fully saturated rings. The molecule has 0 aromatic carbocycles. The molecule has 0 radical (unpaired) electrons. The van der Waals surface area contributed by atoms with Gasteiger partial charge in [0.05, 0.1) is 28.3 Å². The van der Waals surface area contributed by atoms with Crippen LogP contribution in [0.3, 0.4) is 0 Å². The molecular formula is C13H23NO3S2. The monoisotopic (exact) mass is 305 g/mol. The Labute approximate surface area is 120 Å². The van der Waals surface area contributed by atoms with Gasteiger partial charge in [-0.05, 0) is 40.5 Å². The van der Waals surface area contributed by atoms with E-state index in [9.17, 15) is 8.42 Å². The van der Waals surface area contributed by atoms with E-state index in [-0.39, 0.29) is 17.1 Å². The summed E-state index contributed by atoms with van der Waals surface area (Å²) in [5, 5.41) is 0. The van der Waals surface area contributed by atoms with Crippen molar-refractivity contribution in [1.29, 1.82) is 0 Å². The molecule has 1 heterocycles. The second kappa shape index (κ2) is 6.81. The van der Waals surface area contributed by atoms with Crippen molar-refractivity contribution < 1.29 is 13.2 Å². The first kappa shape index (κ1) is 16.6. The van der Waals surface area contributed by atoms with Crippen LogP contribution in [-0.4, -0.2) is 37.1 Å². The zero-order valence-corrected chi connectivity index (χ0v) is 13.7. The zero-order chi connectivity index (χ0) is 14.5. The van der Waals surface area contributed by atoms with E-state index in [4.69, 9.17) is 4.74 Å². The normalized spacial score (nSPS) is 12.8. The van der Waals surface area contributed by atoms with Gasteiger partial charge in [-0.1, -0.05) is 0 Å². The Bertz CT molecular complexity index is 486. The zero-order valence-electron chi connectivity index (χ0n) is 12.1. The first-order valence-electron chi connectivity index (χ1n) is 6.43. The molecule has 0 bridgehead atoms. The lowest BCUT2D eigenvalue weighted by Crippen LogP contribution is -2.21. The van der Waals surface area contributed by atoms with Gasteiger partial charge < -0.3 is 4.74 Å². The maximum absolute atomic E-state index is 11.9. The predicted molar refractivity (Wildman–Crippen MR) is 79.5 cm³/mol. The molecular weight excluding hydrogens is 282 g/mol. The Balaban J connectivity index is 2.31. The van der Waals surface area contributed by atoms with E-state index in [2.05, 4.69) is 4.98 Å². The van der Waals surface area contributed by atoms with Gasteiger partial charge in [-0.2, -0.15) is 0 Å². The van der Waals surface area contributed by atoms with Crippen LogP contribution in [0.1, 0.15) is 37.8 Å². The summed E-state index contributed by atoms with van der Waals surface area (Å²) < 4.78 is 29.3. The van der Waals surface area contributed by atoms with Gasteiger partial charge in [-0.25, -0.2) is 13.4 Å². The van der Waals surface area contributed by atoms with E-state index in [0.29, 0.717) is 19.4 Å². The maximum Gasteiger partial charge on any atom is 0.150 e. The molecule has 6 heteroatoms. The summed E-state index contributed by atoms with van der Waals surface area (Å²) in [7, 11) is -2.99. The van der Waals surface area contributed by atoms with Crippen LogP contribution in [0.15, 0.2) is 5.51 Å². The Morgan fingerprint density at radius 2 is 2.00 bits per heavy atom. The molecule has 0 saturated carbocycles. The average Bonchev–Trinajstić information content (AvgIpc) is 2.67. The highest BCUT2D eigenvalue weighted by atomic mass is 32.2. The Kier molecular flexibility index (Phi) is 5.95. The van der Waals surface area contributed by atoms with Crippen molar-refractivity contribution in [2.75, 3.05) is 18.1 Å². The van der Waals surface area contributed by atoms with Crippen LogP contribution in [0.4, 0.5) is 0 Å². The van der Waals surface area contributed by atoms with Gasteiger partial charge in [0.25, 0.3) is 0 Å². The largest absolute Gasteiger partial charge is 0.376 e. The van der Waals surface area contributed by atoms with E-state index in [1.165, 1.54) is 11.3 Å². The van der Waals surface area contributed by atoms with Gasteiger partial charge in [0.15, 0.2) is 9.84 Å². The van der Waals surface area contributed by atoms with Crippen molar-refractivity contribution in [3.05, 3.63) is 16.1 Å². The molecule has 0 amide bonds. The minimum Gasteiger partial charge on any atom is -0.376 e. The van der Waals surface area contributed by atoms with Crippen LogP contribution < -0.4 is 0 Å². The standard InChI is InChI=1S/C13H23NO3S2/c1-11-12(18-10-14-11)6-9-19(15,16)8-5-7-17-13(2,3)4/h10H,5-9H2,1-4H3. The minimum atomic E-state index is -2.99. The van der Waals surface area contributed by atoms with Gasteiger partial charge >= 0.3 is 0 Å². The smallest absolute Gasteiger partial charge is 0.150 e. The number of aromatic nitrogens is 1. The quantitative estimate of drug-likeness (QED) is 0.727. The molecule has 0 aliphatic heterocycles. The molecule has 0 spiro atoms. The Hall–Kier alpha value is -0.460. The fourth-order valence-corrected chi connectivity index (χ4v) is 3.76. The summed E-state index contributed by atoms with van der Waals surface area (Å²) in [5.41, 5.74) is 2.49. The summed E-state index contributed by atoms with van der Waals surface area (Å²) in [6.07, 6.45) is 1.13. The highest BCUT2D eigenvalue weighted by molar-refractivity contribution is 7.91. The van der Waals surface area contributed by atoms with Crippen molar-refractivity contribution >= 4 is 21.2 Å². The van der Waals surface area contributed by atoms with Crippen LogP contribution in [0.2, 0.25) is 0 Å². The van der Waals surface area contributed by atoms with Crippen molar-refractivity contribution in [1.82, 2.24) is 4.98 Å². The van der Waals surface area contributed by atoms with Gasteiger partial charge in [-0.3, -0.25) is 0 Å². The first-order chi connectivity index (χ1) is 8.70. The number of aryl methyl sites for hydroxylation is 2. The number of nitrogens with zero attached hydrogens (tertiary/aromatic N) is 1. The molecule has 1 rings (SSSR count). The highest BCUT2D eigenvalue weighted by Crippen LogP contribution is 2.14. The Morgan fingerprint density at radius 1 is 1.32 bits per heavy atom. The molecule has 1 aromatic heterocycles. The van der Waals surface area contributed by atoms with Gasteiger partial charge in [0, 0.05) is 11.5 Å². The summed E-state index contributed by atoms with van der Waals surface area (Å²) in [5.74, 6) is 0.395. The number of thiazole rings is 1. The fraction of sp³-hybridized carbons (Fsp3) is 0.769. The van der Waals surface area contributed by atoms with E-state index in [0.717, 1.165) is 10.6 Å². The van der Waals surface area contributed by atoms with Gasteiger partial charge in [-0.15, -0.1) is 11.3 Å². The number of ether oxygens (including phenoxy) is 1. The lowest BCUT2D eigenvalue weighted by atomic mass is 10.2. The number of sulfone groups is 1. The van der Waals surface area contributed by atoms with Crippen LogP contribution in [0.5, 0.6) is 0 Å². The van der Waals surface area contributed by atoms with Crippen molar-refractivity contribution in [3.63, 3.8) is 0 Å². The molecule has 4 nitrogen and oxygen atoms in total. The minimum absolute atomic E-state index is 0.195. The van der Waals surface area contributed by atoms with Crippen molar-refractivity contribution in [2.24, 2.45) is 0 Å². The Morgan fingerprint density at radius 3 is 2.53 bits per heavy atom. The van der Waals surface area contributed by atoms with Crippen LogP contribution in [-0.2, 0) is 21.0 Å². The molecule has 0 unspecified atom stereocenters. The van der Waals surface area contributed by atoms with Crippen LogP contribution in [0.25, 0.3) is 0 Å². The van der Waals surface area contributed by atoms with Crippen LogP contribution in [0, 0.1) is 6.92 Å². The van der Waals surface area contributed by atoms with Gasteiger partial charge in [0.1, 0.15) is 0 Å². The second-order valence-electron chi connectivity index (χ2n) is 5.58. The number of hydrogen-bond donors (Lipinski definition) is 0. The molecule has 0 aliphatic carbocycles. The SMILES string of the molecule is Cc1ncsc1CCS(=O)(=O)CCCOC(C)(C)C. The molecule has 19 heavy (non-hydrogen) atoms. The number of rotatable bonds is 7. The predicted octanol–water partition coefficient (Wildman–Crippen LogP) is 2.61. The van der Waals surface area contributed by atoms with E-state index >= 15 is 0 Å². The molecule has 0 aliphatic rings. The molecule has 0 atom stereocenters. The molecule has 0 N–H and O–H groups in total. The fourth-order valence-electron chi connectivity index (χ4n) is 1.57. The molecule has 0 saturated heterocycles. The highest BCUT2D eigenvalue weighted by Gasteiger charge is 2.14. The third kappa shape index (κ3) is 7.03. The van der Waals surface area contributed by atoms with E-state index in [1.54, 1.807) is 5.51 Å². The van der Waals surface area contributed by atoms with E-state index < -0.39 is 9.84 Å². The lowest BCUT2D eigenvalue weighted by molar-refractivity contribution is -0.00211. The molecule has 110 valence electrons. The van der Waals surface area contributed by atoms with Crippen molar-refractivity contribution in [2.45, 2.75) is 46.1 Å². The molecule has 1 aromatic rings. The summed E-state index contributed by atoms with van der Waals surface area (Å²) >= 11 is 1.52. The third-order valence-corrected chi connectivity index (χ3v) is 5.35. The lowest BCUT2D eigenvalue weighted by Gasteiger charge is -2.19. The summed E-state index contributed by atoms with van der Waals surface area (Å²) in [6.45, 7) is 8.30.